The molecule has 1 aliphatic carbocycles. The number of hydrogen-bond donors (Lipinski definition) is 1. The molecule has 2 aliphatic heterocycles. The molecule has 1 fully saturated rings. The maximum Gasteiger partial charge on any atom is 0.0900 e. The van der Waals surface area contributed by atoms with Crippen LogP contribution in [0, 0.1) is 13.8 Å². The van der Waals surface area contributed by atoms with Crippen LogP contribution in [0.1, 0.15) is 24.1 Å². The first-order valence-electron chi connectivity index (χ1n) is 13.0. The van der Waals surface area contributed by atoms with E-state index in [9.17, 15) is 0 Å². The standard InChI is InChI=1S/C31H32N6/c1-21-8-12-25(13-9-21)37-30-7-5-4-6-26(30)35-29-18-27(34-24-11-10-22(2)32-20-24)28(19-31(29)37)33-23-14-16-36(3)17-15-23/h4-13,18-20,23,34H,14-17H2,1-3H3. The van der Waals surface area contributed by atoms with Crippen LogP contribution < -0.4 is 10.7 Å². The normalized spacial score (nSPS) is 15.5. The highest BCUT2D eigenvalue weighted by Gasteiger charge is 2.19. The lowest BCUT2D eigenvalue weighted by molar-refractivity contribution is 0.255. The Kier molecular flexibility index (Phi) is 6.18. The van der Waals surface area contributed by atoms with Gasteiger partial charge in [-0.25, -0.2) is 4.98 Å². The third kappa shape index (κ3) is 4.85. The number of nitrogens with zero attached hydrogens (tertiary/aromatic N) is 5. The van der Waals surface area contributed by atoms with Gasteiger partial charge in [0.2, 0.25) is 0 Å². The minimum atomic E-state index is 0.298. The minimum absolute atomic E-state index is 0.298. The van der Waals surface area contributed by atoms with Gasteiger partial charge in [0.15, 0.2) is 0 Å². The minimum Gasteiger partial charge on any atom is -0.352 e. The lowest BCUT2D eigenvalue weighted by Gasteiger charge is -2.26. The molecule has 186 valence electrons. The van der Waals surface area contributed by atoms with Gasteiger partial charge in [0.25, 0.3) is 0 Å². The smallest absolute Gasteiger partial charge is 0.0900 e. The Hall–Kier alpha value is -4.03. The summed E-state index contributed by atoms with van der Waals surface area (Å²) >= 11 is 0. The number of benzene rings is 3. The Morgan fingerprint density at radius 3 is 2.46 bits per heavy atom. The Bertz CT molecular complexity index is 1580. The van der Waals surface area contributed by atoms with Crippen LogP contribution in [0.25, 0.3) is 28.1 Å². The molecule has 6 rings (SSSR count). The second kappa shape index (κ2) is 9.79. The summed E-state index contributed by atoms with van der Waals surface area (Å²) in [6, 6.07) is 25.7. The molecule has 0 spiro atoms. The van der Waals surface area contributed by atoms with Gasteiger partial charge in [-0.3, -0.25) is 9.98 Å². The molecular weight excluding hydrogens is 456 g/mol. The zero-order valence-corrected chi connectivity index (χ0v) is 21.6. The number of piperidine rings is 1. The lowest BCUT2D eigenvalue weighted by atomic mass is 10.1. The van der Waals surface area contributed by atoms with Gasteiger partial charge in [0.05, 0.1) is 51.4 Å². The van der Waals surface area contributed by atoms with Gasteiger partial charge in [-0.1, -0.05) is 29.8 Å². The number of aromatic nitrogens is 3. The van der Waals surface area contributed by atoms with Crippen molar-refractivity contribution >= 4 is 22.4 Å². The molecular formula is C31H32N6. The third-order valence-electron chi connectivity index (χ3n) is 7.19. The van der Waals surface area contributed by atoms with E-state index in [1.165, 1.54) is 5.56 Å². The molecule has 37 heavy (non-hydrogen) atoms. The van der Waals surface area contributed by atoms with Gasteiger partial charge in [0, 0.05) is 11.4 Å². The number of likely N-dealkylation sites (tertiary alicyclic amines) is 1. The summed E-state index contributed by atoms with van der Waals surface area (Å²) in [6.07, 6.45) is 4.00. The Morgan fingerprint density at radius 2 is 1.70 bits per heavy atom. The van der Waals surface area contributed by atoms with Gasteiger partial charge in [-0.15, -0.1) is 0 Å². The van der Waals surface area contributed by atoms with Crippen molar-refractivity contribution in [2.45, 2.75) is 32.7 Å². The molecule has 0 unspecified atom stereocenters. The van der Waals surface area contributed by atoms with Gasteiger partial charge in [0.1, 0.15) is 0 Å². The van der Waals surface area contributed by atoms with E-state index < -0.39 is 0 Å². The number of nitrogens with one attached hydrogen (secondary N) is 1. The number of para-hydroxylation sites is 2. The summed E-state index contributed by atoms with van der Waals surface area (Å²) in [6.45, 7) is 6.26. The third-order valence-corrected chi connectivity index (χ3v) is 7.19. The molecule has 0 saturated carbocycles. The monoisotopic (exact) mass is 488 g/mol. The Morgan fingerprint density at radius 1 is 0.919 bits per heavy atom. The van der Waals surface area contributed by atoms with Gasteiger partial charge in [-0.05, 0) is 95.4 Å². The van der Waals surface area contributed by atoms with E-state index in [4.69, 9.17) is 9.98 Å². The first kappa shape index (κ1) is 23.4. The maximum absolute atomic E-state index is 5.29. The number of pyridine rings is 1. The molecule has 3 aliphatic rings. The fourth-order valence-electron chi connectivity index (χ4n) is 5.04. The highest BCUT2D eigenvalue weighted by molar-refractivity contribution is 5.84. The summed E-state index contributed by atoms with van der Waals surface area (Å²) in [5.74, 6) is 0. The van der Waals surface area contributed by atoms with Crippen LogP contribution in [0.5, 0.6) is 0 Å². The molecule has 0 amide bonds. The zero-order valence-electron chi connectivity index (χ0n) is 21.6. The van der Waals surface area contributed by atoms with Crippen molar-refractivity contribution < 1.29 is 0 Å². The second-order valence-electron chi connectivity index (χ2n) is 10.1. The summed E-state index contributed by atoms with van der Waals surface area (Å²) in [5.41, 5.74) is 9.24. The molecule has 1 N–H and O–H groups in total. The van der Waals surface area contributed by atoms with E-state index in [1.54, 1.807) is 0 Å². The highest BCUT2D eigenvalue weighted by atomic mass is 15.1. The largest absolute Gasteiger partial charge is 0.352 e. The van der Waals surface area contributed by atoms with Crippen LogP contribution in [-0.4, -0.2) is 45.6 Å². The number of hydrogen-bond acceptors (Lipinski definition) is 5. The number of aryl methyl sites for hydroxylation is 2. The molecule has 3 heterocycles. The van der Waals surface area contributed by atoms with Crippen molar-refractivity contribution in [1.82, 2.24) is 19.4 Å². The van der Waals surface area contributed by atoms with Crippen LogP contribution in [0.4, 0.5) is 11.4 Å². The molecule has 0 bridgehead atoms. The summed E-state index contributed by atoms with van der Waals surface area (Å²) < 4.78 is 2.31. The zero-order chi connectivity index (χ0) is 25.4. The van der Waals surface area contributed by atoms with Crippen LogP contribution in [0.3, 0.4) is 0 Å². The van der Waals surface area contributed by atoms with Gasteiger partial charge in [-0.2, -0.15) is 0 Å². The van der Waals surface area contributed by atoms with Crippen molar-refractivity contribution in [2.75, 3.05) is 25.5 Å². The van der Waals surface area contributed by atoms with Crippen LogP contribution >= 0.6 is 0 Å². The molecule has 3 aromatic rings. The molecule has 1 aromatic heterocycles. The van der Waals surface area contributed by atoms with E-state index in [0.29, 0.717) is 6.04 Å². The van der Waals surface area contributed by atoms with Gasteiger partial charge < -0.3 is 14.8 Å². The SMILES string of the molecule is Cc1ccc(-n2c3cc(=NC4CCN(C)CC4)c(Nc4ccc(C)nc4)cc-3nc3ccccc32)cc1. The fraction of sp³-hybridized carbons (Fsp3) is 0.258. The van der Waals surface area contributed by atoms with Gasteiger partial charge >= 0.3 is 0 Å². The van der Waals surface area contributed by atoms with Crippen molar-refractivity contribution in [2.24, 2.45) is 4.99 Å². The van der Waals surface area contributed by atoms with Crippen LogP contribution in [0.2, 0.25) is 0 Å². The Balaban J connectivity index is 1.59. The number of fused-ring (bicyclic) bond motifs is 2. The van der Waals surface area contributed by atoms with E-state index in [1.807, 2.05) is 25.3 Å². The van der Waals surface area contributed by atoms with Crippen molar-refractivity contribution in [3.05, 3.63) is 95.6 Å². The summed E-state index contributed by atoms with van der Waals surface area (Å²) in [4.78, 5) is 17.2. The van der Waals surface area contributed by atoms with E-state index in [0.717, 1.165) is 76.5 Å². The fourth-order valence-corrected chi connectivity index (χ4v) is 5.04. The molecule has 0 radical (unpaired) electrons. The molecule has 2 aromatic carbocycles. The first-order chi connectivity index (χ1) is 18.0. The average molecular weight is 489 g/mol. The Labute approximate surface area is 217 Å². The topological polar surface area (TPSA) is 58.3 Å². The first-order valence-corrected chi connectivity index (χ1v) is 13.0. The molecule has 0 atom stereocenters. The van der Waals surface area contributed by atoms with Crippen LogP contribution in [-0.2, 0) is 0 Å². The van der Waals surface area contributed by atoms with Crippen molar-refractivity contribution in [3.8, 4) is 17.1 Å². The van der Waals surface area contributed by atoms with E-state index in [-0.39, 0.29) is 0 Å². The predicted octanol–water partition coefficient (Wildman–Crippen LogP) is 5.88. The highest BCUT2D eigenvalue weighted by Crippen LogP contribution is 2.30. The maximum atomic E-state index is 5.29. The number of anilines is 2. The quantitative estimate of drug-likeness (QED) is 0.321. The molecule has 1 saturated heterocycles. The molecule has 6 heteroatoms. The number of rotatable bonds is 4. The van der Waals surface area contributed by atoms with E-state index >= 15 is 0 Å². The van der Waals surface area contributed by atoms with Crippen LogP contribution in [0.15, 0.2) is 84.0 Å². The predicted molar refractivity (Wildman–Crippen MR) is 151 cm³/mol. The second-order valence-corrected chi connectivity index (χ2v) is 10.1. The summed E-state index contributed by atoms with van der Waals surface area (Å²) in [5, 5.41) is 4.55. The van der Waals surface area contributed by atoms with Crippen molar-refractivity contribution in [3.63, 3.8) is 0 Å². The lowest BCUT2D eigenvalue weighted by Crippen LogP contribution is -2.33. The van der Waals surface area contributed by atoms with Crippen molar-refractivity contribution in [1.29, 1.82) is 0 Å². The average Bonchev–Trinajstić information content (AvgIpc) is 2.91. The summed E-state index contributed by atoms with van der Waals surface area (Å²) in [7, 11) is 2.19. The molecule has 6 nitrogen and oxygen atoms in total. The van der Waals surface area contributed by atoms with E-state index in [2.05, 4.69) is 94.4 Å².